The van der Waals surface area contributed by atoms with Gasteiger partial charge in [0.2, 0.25) is 0 Å². The molecule has 1 unspecified atom stereocenters. The van der Waals surface area contributed by atoms with E-state index in [0.717, 1.165) is 0 Å². The summed E-state index contributed by atoms with van der Waals surface area (Å²) in [6.45, 7) is 1.42. The van der Waals surface area contributed by atoms with Gasteiger partial charge in [0.15, 0.2) is 0 Å². The van der Waals surface area contributed by atoms with Crippen LogP contribution in [-0.2, 0) is 4.79 Å². The fraction of sp³-hybridized carbons (Fsp3) is 0.273. The summed E-state index contributed by atoms with van der Waals surface area (Å²) in [6, 6.07) is 6.24. The van der Waals surface area contributed by atoms with Gasteiger partial charge >= 0.3 is 0 Å². The number of carbonyl (C=O) groups is 1. The van der Waals surface area contributed by atoms with Crippen LogP contribution in [0, 0.1) is 17.1 Å². The van der Waals surface area contributed by atoms with Crippen molar-refractivity contribution in [2.45, 2.75) is 19.3 Å². The smallest absolute Gasteiger partial charge is 0.131 e. The van der Waals surface area contributed by atoms with Crippen molar-refractivity contribution in [3.8, 4) is 6.07 Å². The molecular formula is C11H9BrFNO. The van der Waals surface area contributed by atoms with Gasteiger partial charge < -0.3 is 0 Å². The van der Waals surface area contributed by atoms with Crippen LogP contribution in [0.5, 0.6) is 0 Å². The normalized spacial score (nSPS) is 11.9. The number of rotatable bonds is 3. The van der Waals surface area contributed by atoms with Crippen molar-refractivity contribution in [2.75, 3.05) is 0 Å². The summed E-state index contributed by atoms with van der Waals surface area (Å²) in [5.74, 6) is -1.07. The van der Waals surface area contributed by atoms with Crippen LogP contribution in [0.15, 0.2) is 22.7 Å². The van der Waals surface area contributed by atoms with Crippen LogP contribution in [0.3, 0.4) is 0 Å². The zero-order valence-corrected chi connectivity index (χ0v) is 9.71. The Morgan fingerprint density at radius 1 is 1.60 bits per heavy atom. The molecule has 0 bridgehead atoms. The van der Waals surface area contributed by atoms with E-state index in [9.17, 15) is 9.18 Å². The third-order valence-electron chi connectivity index (χ3n) is 1.93. The number of nitriles is 1. The lowest BCUT2D eigenvalue weighted by atomic mass is 9.95. The van der Waals surface area contributed by atoms with Crippen molar-refractivity contribution in [1.29, 1.82) is 5.26 Å². The van der Waals surface area contributed by atoms with Gasteiger partial charge in [-0.2, -0.15) is 5.26 Å². The van der Waals surface area contributed by atoms with Crippen LogP contribution in [0.2, 0.25) is 0 Å². The molecule has 0 N–H and O–H groups in total. The highest BCUT2D eigenvalue weighted by Gasteiger charge is 2.14. The van der Waals surface area contributed by atoms with Crippen LogP contribution in [0.4, 0.5) is 4.39 Å². The average molecular weight is 270 g/mol. The van der Waals surface area contributed by atoms with Crippen molar-refractivity contribution in [1.82, 2.24) is 0 Å². The molecule has 0 saturated carbocycles. The second-order valence-electron chi connectivity index (χ2n) is 3.29. The average Bonchev–Trinajstić information content (AvgIpc) is 2.12. The fourth-order valence-electron chi connectivity index (χ4n) is 1.30. The Balaban J connectivity index is 3.02. The fourth-order valence-corrected chi connectivity index (χ4v) is 1.78. The van der Waals surface area contributed by atoms with Crippen LogP contribution in [0.1, 0.15) is 24.8 Å². The minimum atomic E-state index is -0.575. The van der Waals surface area contributed by atoms with E-state index in [4.69, 9.17) is 5.26 Å². The molecule has 1 atom stereocenters. The maximum Gasteiger partial charge on any atom is 0.131 e. The molecule has 0 aliphatic carbocycles. The molecule has 2 nitrogen and oxygen atoms in total. The van der Waals surface area contributed by atoms with Crippen molar-refractivity contribution >= 4 is 21.7 Å². The Morgan fingerprint density at radius 2 is 2.27 bits per heavy atom. The molecular weight excluding hydrogens is 261 g/mol. The first-order valence-electron chi connectivity index (χ1n) is 4.38. The number of Topliss-reactive ketones (excluding diaryl/α,β-unsaturated/α-hetero) is 1. The quantitative estimate of drug-likeness (QED) is 0.846. The van der Waals surface area contributed by atoms with Gasteiger partial charge in [-0.3, -0.25) is 4.79 Å². The molecule has 0 heterocycles. The highest BCUT2D eigenvalue weighted by Crippen LogP contribution is 2.24. The lowest BCUT2D eigenvalue weighted by Crippen LogP contribution is -2.02. The number of halogens is 2. The largest absolute Gasteiger partial charge is 0.300 e. The Morgan fingerprint density at radius 3 is 2.73 bits per heavy atom. The molecule has 0 saturated heterocycles. The minimum Gasteiger partial charge on any atom is -0.300 e. The molecule has 0 aliphatic rings. The first-order valence-corrected chi connectivity index (χ1v) is 5.17. The lowest BCUT2D eigenvalue weighted by Gasteiger charge is -2.07. The topological polar surface area (TPSA) is 40.9 Å². The second-order valence-corrected chi connectivity index (χ2v) is 4.21. The summed E-state index contributed by atoms with van der Waals surface area (Å²) >= 11 is 3.14. The molecule has 0 radical (unpaired) electrons. The standard InChI is InChI=1S/C11H9BrFNO/c1-7(15)2-9(6-14)8-3-10(12)5-11(13)4-8/h3-5,9H,2H2,1H3. The van der Waals surface area contributed by atoms with Gasteiger partial charge in [0.1, 0.15) is 11.6 Å². The molecule has 4 heteroatoms. The summed E-state index contributed by atoms with van der Waals surface area (Å²) in [6.07, 6.45) is 0.117. The molecule has 0 amide bonds. The van der Waals surface area contributed by atoms with Gasteiger partial charge in [-0.1, -0.05) is 15.9 Å². The van der Waals surface area contributed by atoms with Gasteiger partial charge in [0.05, 0.1) is 12.0 Å². The number of hydrogen-bond donors (Lipinski definition) is 0. The molecule has 1 rings (SSSR count). The summed E-state index contributed by atoms with van der Waals surface area (Å²) in [7, 11) is 0. The third kappa shape index (κ3) is 3.45. The molecule has 0 fully saturated rings. The van der Waals surface area contributed by atoms with Crippen LogP contribution >= 0.6 is 15.9 Å². The van der Waals surface area contributed by atoms with Gasteiger partial charge in [-0.25, -0.2) is 4.39 Å². The zero-order chi connectivity index (χ0) is 11.4. The number of hydrogen-bond acceptors (Lipinski definition) is 2. The number of benzene rings is 1. The van der Waals surface area contributed by atoms with E-state index in [2.05, 4.69) is 15.9 Å². The van der Waals surface area contributed by atoms with E-state index < -0.39 is 11.7 Å². The molecule has 0 spiro atoms. The third-order valence-corrected chi connectivity index (χ3v) is 2.39. The van der Waals surface area contributed by atoms with Gasteiger partial charge in [-0.05, 0) is 30.7 Å². The summed E-state index contributed by atoms with van der Waals surface area (Å²) < 4.78 is 13.6. The van der Waals surface area contributed by atoms with Gasteiger partial charge in [-0.15, -0.1) is 0 Å². The molecule has 1 aromatic rings. The van der Waals surface area contributed by atoms with E-state index in [1.807, 2.05) is 6.07 Å². The molecule has 0 aliphatic heterocycles. The van der Waals surface area contributed by atoms with Gasteiger partial charge in [0, 0.05) is 10.9 Å². The number of ketones is 1. The Kier molecular flexibility index (Phi) is 3.98. The highest BCUT2D eigenvalue weighted by atomic mass is 79.9. The molecule has 0 aromatic heterocycles. The Labute approximate surface area is 95.8 Å². The number of nitrogens with zero attached hydrogens (tertiary/aromatic N) is 1. The van der Waals surface area contributed by atoms with Crippen LogP contribution in [-0.4, -0.2) is 5.78 Å². The van der Waals surface area contributed by atoms with E-state index in [-0.39, 0.29) is 12.2 Å². The lowest BCUT2D eigenvalue weighted by molar-refractivity contribution is -0.117. The summed E-state index contributed by atoms with van der Waals surface area (Å²) in [4.78, 5) is 10.9. The van der Waals surface area contributed by atoms with E-state index in [1.54, 1.807) is 6.07 Å². The first kappa shape index (κ1) is 11.9. The van der Waals surface area contributed by atoms with E-state index in [1.165, 1.54) is 19.1 Å². The monoisotopic (exact) mass is 269 g/mol. The maximum absolute atomic E-state index is 13.0. The van der Waals surface area contributed by atoms with Crippen LogP contribution < -0.4 is 0 Å². The zero-order valence-electron chi connectivity index (χ0n) is 8.13. The molecule has 78 valence electrons. The number of carbonyl (C=O) groups excluding carboxylic acids is 1. The Bertz CT molecular complexity index is 405. The maximum atomic E-state index is 13.0. The molecule has 15 heavy (non-hydrogen) atoms. The van der Waals surface area contributed by atoms with Gasteiger partial charge in [0.25, 0.3) is 0 Å². The molecule has 1 aromatic carbocycles. The van der Waals surface area contributed by atoms with Crippen molar-refractivity contribution < 1.29 is 9.18 Å². The van der Waals surface area contributed by atoms with Crippen molar-refractivity contribution in [3.63, 3.8) is 0 Å². The van der Waals surface area contributed by atoms with Crippen molar-refractivity contribution in [3.05, 3.63) is 34.1 Å². The second kappa shape index (κ2) is 5.04. The van der Waals surface area contributed by atoms with E-state index >= 15 is 0 Å². The Hall–Kier alpha value is -1.21. The van der Waals surface area contributed by atoms with Crippen LogP contribution in [0.25, 0.3) is 0 Å². The predicted octanol–water partition coefficient (Wildman–Crippen LogP) is 3.17. The summed E-state index contributed by atoms with van der Waals surface area (Å²) in [5, 5.41) is 8.87. The summed E-state index contributed by atoms with van der Waals surface area (Å²) in [5.41, 5.74) is 0.527. The predicted molar refractivity (Wildman–Crippen MR) is 57.8 cm³/mol. The first-order chi connectivity index (χ1) is 7.02. The SMILES string of the molecule is CC(=O)CC(C#N)c1cc(F)cc(Br)c1. The van der Waals surface area contributed by atoms with Crippen molar-refractivity contribution in [2.24, 2.45) is 0 Å². The minimum absolute atomic E-state index is 0.0815. The highest BCUT2D eigenvalue weighted by molar-refractivity contribution is 9.10. The van der Waals surface area contributed by atoms with E-state index in [0.29, 0.717) is 10.0 Å².